The van der Waals surface area contributed by atoms with Crippen LogP contribution in [0.25, 0.3) is 32.3 Å². The van der Waals surface area contributed by atoms with Gasteiger partial charge in [0.1, 0.15) is 0 Å². The molecule has 12 heteroatoms. The molecule has 0 amide bonds. The Morgan fingerprint density at radius 3 is 1.24 bits per heavy atom. The molecule has 0 aliphatic heterocycles. The monoisotopic (exact) mass is 456 g/mol. The summed E-state index contributed by atoms with van der Waals surface area (Å²) in [4.78, 5) is 58.7. The molecule has 0 aliphatic carbocycles. The average Bonchev–Trinajstić information content (AvgIpc) is 2.57. The van der Waals surface area contributed by atoms with Crippen LogP contribution in [0.15, 0.2) is 36.4 Å². The first kappa shape index (κ1) is 20.6. The normalized spacial score (nSPS) is 13.8. The van der Waals surface area contributed by atoms with Gasteiger partial charge < -0.3 is 29.4 Å². The molecule has 0 atom stereocenters. The fourth-order valence-corrected chi connectivity index (χ4v) is 6.39. The van der Waals surface area contributed by atoms with Crippen molar-refractivity contribution in [3.8, 4) is 0 Å². The Labute approximate surface area is 163 Å². The van der Waals surface area contributed by atoms with Crippen molar-refractivity contribution in [2.24, 2.45) is 0 Å². The molecule has 152 valence electrons. The van der Waals surface area contributed by atoms with Gasteiger partial charge >= 0.3 is 22.8 Å². The van der Waals surface area contributed by atoms with Gasteiger partial charge in [0.25, 0.3) is 0 Å². The second kappa shape index (κ2) is 6.19. The molecule has 0 bridgehead atoms. The maximum absolute atomic E-state index is 12.1. The molecule has 29 heavy (non-hydrogen) atoms. The van der Waals surface area contributed by atoms with E-state index in [1.165, 1.54) is 24.3 Å². The summed E-state index contributed by atoms with van der Waals surface area (Å²) in [6.45, 7) is 1.62. The zero-order chi connectivity index (χ0) is 21.5. The van der Waals surface area contributed by atoms with Crippen LogP contribution in [-0.2, 0) is 13.7 Å². The van der Waals surface area contributed by atoms with E-state index in [9.17, 15) is 43.1 Å². The van der Waals surface area contributed by atoms with Crippen molar-refractivity contribution in [1.82, 2.24) is 0 Å². The van der Waals surface area contributed by atoms with Crippen molar-refractivity contribution < 1.29 is 43.1 Å². The molecule has 0 radical (unpaired) electrons. The van der Waals surface area contributed by atoms with Gasteiger partial charge in [-0.05, 0) is 56.9 Å². The number of hydrogen-bond donors (Lipinski definition) is 6. The lowest BCUT2D eigenvalue weighted by atomic mass is 9.92. The van der Waals surface area contributed by atoms with Crippen LogP contribution >= 0.6 is 22.8 Å². The smallest absolute Gasteiger partial charge is 0.321 e. The van der Waals surface area contributed by atoms with Crippen molar-refractivity contribution in [2.75, 3.05) is 0 Å². The van der Waals surface area contributed by atoms with Gasteiger partial charge in [0.2, 0.25) is 0 Å². The van der Waals surface area contributed by atoms with E-state index in [0.29, 0.717) is 10.9 Å². The first-order chi connectivity index (χ1) is 13.2. The van der Waals surface area contributed by atoms with Gasteiger partial charge in [-0.15, -0.1) is 0 Å². The quantitative estimate of drug-likeness (QED) is 0.196. The van der Waals surface area contributed by atoms with Crippen LogP contribution in [0.5, 0.6) is 0 Å². The number of hydrogen-bond acceptors (Lipinski definition) is 3. The highest BCUT2D eigenvalue weighted by atomic mass is 31.2. The lowest BCUT2D eigenvalue weighted by Crippen LogP contribution is -2.17. The van der Waals surface area contributed by atoms with E-state index in [2.05, 4.69) is 0 Å². The number of aryl methyl sites for hydroxylation is 1. The molecular formula is C17H15O9P3. The van der Waals surface area contributed by atoms with Gasteiger partial charge in [0.15, 0.2) is 0 Å². The minimum Gasteiger partial charge on any atom is -0.321 e. The lowest BCUT2D eigenvalue weighted by Gasteiger charge is -2.20. The summed E-state index contributed by atoms with van der Waals surface area (Å²) < 4.78 is 36.2. The average molecular weight is 456 g/mol. The van der Waals surface area contributed by atoms with Crippen molar-refractivity contribution in [3.05, 3.63) is 42.0 Å². The van der Waals surface area contributed by atoms with Crippen LogP contribution in [0.4, 0.5) is 0 Å². The fraction of sp³-hybridized carbons (Fsp3) is 0.0588. The highest BCUT2D eigenvalue weighted by Gasteiger charge is 2.31. The molecular weight excluding hydrogens is 441 g/mol. The molecule has 0 heterocycles. The zero-order valence-corrected chi connectivity index (χ0v) is 17.4. The van der Waals surface area contributed by atoms with Gasteiger partial charge in [-0.25, -0.2) is 0 Å². The Morgan fingerprint density at radius 2 is 0.862 bits per heavy atom. The molecule has 0 aromatic heterocycles. The fourth-order valence-electron chi connectivity index (χ4n) is 3.83. The third kappa shape index (κ3) is 3.16. The van der Waals surface area contributed by atoms with Crippen molar-refractivity contribution in [2.45, 2.75) is 6.92 Å². The predicted octanol–water partition coefficient (Wildman–Crippen LogP) is 1.30. The van der Waals surface area contributed by atoms with Crippen molar-refractivity contribution in [1.29, 1.82) is 0 Å². The van der Waals surface area contributed by atoms with Crippen molar-refractivity contribution >= 4 is 71.0 Å². The van der Waals surface area contributed by atoms with E-state index in [1.54, 1.807) is 13.0 Å². The Bertz CT molecular complexity index is 1420. The van der Waals surface area contributed by atoms with Gasteiger partial charge in [-0.1, -0.05) is 24.3 Å². The van der Waals surface area contributed by atoms with E-state index in [0.717, 1.165) is 6.07 Å². The second-order valence-corrected chi connectivity index (χ2v) is 11.5. The summed E-state index contributed by atoms with van der Waals surface area (Å²) in [5.41, 5.74) is 0.504. The molecule has 0 unspecified atom stereocenters. The summed E-state index contributed by atoms with van der Waals surface area (Å²) in [5, 5.41) is -0.144. The Kier molecular flexibility index (Phi) is 4.40. The Balaban J connectivity index is 2.41. The molecule has 0 saturated heterocycles. The van der Waals surface area contributed by atoms with E-state index in [4.69, 9.17) is 0 Å². The first-order valence-electron chi connectivity index (χ1n) is 8.14. The first-order valence-corrected chi connectivity index (χ1v) is 13.0. The van der Waals surface area contributed by atoms with Gasteiger partial charge in [-0.2, -0.15) is 0 Å². The topological polar surface area (TPSA) is 173 Å². The van der Waals surface area contributed by atoms with Crippen LogP contribution in [0, 0.1) is 6.92 Å². The molecule has 4 aromatic carbocycles. The molecule has 0 aliphatic rings. The number of benzene rings is 4. The molecule has 4 rings (SSSR count). The molecule has 0 fully saturated rings. The summed E-state index contributed by atoms with van der Waals surface area (Å²) in [6.07, 6.45) is 0. The lowest BCUT2D eigenvalue weighted by molar-refractivity contribution is 0.385. The predicted molar refractivity (Wildman–Crippen MR) is 110 cm³/mol. The standard InChI is InChI=1S/C17H15O9P3/c1-8-6-13(27(18,19)20)10-4-5-12-15(29(24,25)26)7-14(28(21,22)23)11-3-2-9(8)16(10)17(11)12/h2-7H,1H3,(H2,18,19,20)(H2,21,22,23)(H2,24,25,26). The largest absolute Gasteiger partial charge is 0.356 e. The van der Waals surface area contributed by atoms with E-state index in [1.807, 2.05) is 0 Å². The minimum absolute atomic E-state index is 0.0610. The third-order valence-electron chi connectivity index (χ3n) is 4.98. The van der Waals surface area contributed by atoms with Crippen LogP contribution in [0.1, 0.15) is 5.56 Å². The molecule has 0 spiro atoms. The highest BCUT2D eigenvalue weighted by Crippen LogP contribution is 2.47. The van der Waals surface area contributed by atoms with Gasteiger partial charge in [0, 0.05) is 0 Å². The highest BCUT2D eigenvalue weighted by molar-refractivity contribution is 7.62. The third-order valence-corrected chi connectivity index (χ3v) is 7.97. The number of rotatable bonds is 3. The molecule has 0 saturated carbocycles. The van der Waals surface area contributed by atoms with Gasteiger partial charge in [0.05, 0.1) is 15.9 Å². The summed E-state index contributed by atoms with van der Waals surface area (Å²) in [7, 11) is -14.6. The summed E-state index contributed by atoms with van der Waals surface area (Å²) >= 11 is 0. The summed E-state index contributed by atoms with van der Waals surface area (Å²) in [5.74, 6) is 0. The van der Waals surface area contributed by atoms with Crippen LogP contribution in [0.2, 0.25) is 0 Å². The SMILES string of the molecule is Cc1cc(P(=O)(O)O)c2ccc3c(P(=O)(O)O)cc(P(=O)(O)O)c4ccc1c2c43. The van der Waals surface area contributed by atoms with E-state index in [-0.39, 0.29) is 32.2 Å². The molecule has 9 nitrogen and oxygen atoms in total. The maximum Gasteiger partial charge on any atom is 0.356 e. The molecule has 6 N–H and O–H groups in total. The van der Waals surface area contributed by atoms with Crippen LogP contribution in [-0.4, -0.2) is 29.4 Å². The van der Waals surface area contributed by atoms with Crippen LogP contribution in [0.3, 0.4) is 0 Å². The minimum atomic E-state index is -4.93. The zero-order valence-electron chi connectivity index (χ0n) is 14.7. The van der Waals surface area contributed by atoms with Crippen molar-refractivity contribution in [3.63, 3.8) is 0 Å². The Morgan fingerprint density at radius 1 is 0.552 bits per heavy atom. The van der Waals surface area contributed by atoms with E-state index < -0.39 is 33.4 Å². The van der Waals surface area contributed by atoms with Crippen LogP contribution < -0.4 is 15.9 Å². The molecule has 4 aromatic rings. The Hall–Kier alpha value is -1.63. The second-order valence-electron chi connectivity index (χ2n) is 6.83. The van der Waals surface area contributed by atoms with E-state index >= 15 is 0 Å². The van der Waals surface area contributed by atoms with Gasteiger partial charge in [-0.3, -0.25) is 13.7 Å². The maximum atomic E-state index is 12.1. The summed E-state index contributed by atoms with van der Waals surface area (Å²) in [6, 6.07) is 7.81.